The molecule has 0 saturated heterocycles. The monoisotopic (exact) mass is 729 g/mol. The van der Waals surface area contributed by atoms with Crippen LogP contribution in [0.3, 0.4) is 0 Å². The van der Waals surface area contributed by atoms with Gasteiger partial charge in [0.05, 0.1) is 25.3 Å². The van der Waals surface area contributed by atoms with Gasteiger partial charge in [0, 0.05) is 20.0 Å². The molecule has 4 amide bonds. The van der Waals surface area contributed by atoms with Gasteiger partial charge in [-0.2, -0.15) is 0 Å². The summed E-state index contributed by atoms with van der Waals surface area (Å²) in [6, 6.07) is -4.37. The van der Waals surface area contributed by atoms with Crippen LogP contribution in [0, 0.1) is 0 Å². The predicted molar refractivity (Wildman–Crippen MR) is 201 cm³/mol. The SMILES string of the molecule is CCCCCCCCCCCCCCCC(=O)N[C@@H](CO)C(=O)N[C@@H](CCCCN=C(N)N)C(=O)N[C@@H](CO)C(O)NC(CCCC)C(=O)NC. The van der Waals surface area contributed by atoms with Crippen LogP contribution < -0.4 is 38.1 Å². The number of unbranched alkanes of at least 4 members (excludes halogenated alkanes) is 14. The number of aliphatic hydroxyl groups is 3. The number of carbonyl (C=O) groups is 4. The summed E-state index contributed by atoms with van der Waals surface area (Å²) in [7, 11) is 1.48. The van der Waals surface area contributed by atoms with Gasteiger partial charge in [0.25, 0.3) is 0 Å². The summed E-state index contributed by atoms with van der Waals surface area (Å²) in [4.78, 5) is 55.4. The van der Waals surface area contributed by atoms with Gasteiger partial charge in [-0.15, -0.1) is 0 Å². The Bertz CT molecular complexity index is 968. The summed E-state index contributed by atoms with van der Waals surface area (Å²) >= 11 is 0. The van der Waals surface area contributed by atoms with Crippen LogP contribution in [0.5, 0.6) is 0 Å². The van der Waals surface area contributed by atoms with E-state index in [1.807, 2.05) is 6.92 Å². The molecule has 0 rings (SSSR count). The maximum Gasteiger partial charge on any atom is 0.245 e. The smallest absolute Gasteiger partial charge is 0.245 e. The van der Waals surface area contributed by atoms with Gasteiger partial charge in [-0.25, -0.2) is 0 Å². The van der Waals surface area contributed by atoms with Gasteiger partial charge >= 0.3 is 0 Å². The molecule has 0 aromatic heterocycles. The maximum atomic E-state index is 13.4. The number of nitrogens with zero attached hydrogens (tertiary/aromatic N) is 1. The van der Waals surface area contributed by atoms with Gasteiger partial charge in [-0.1, -0.05) is 104 Å². The van der Waals surface area contributed by atoms with E-state index >= 15 is 0 Å². The van der Waals surface area contributed by atoms with Crippen molar-refractivity contribution in [1.82, 2.24) is 26.6 Å². The summed E-state index contributed by atoms with van der Waals surface area (Å²) in [5.74, 6) is -2.24. The Morgan fingerprint density at radius 2 is 1.14 bits per heavy atom. The van der Waals surface area contributed by atoms with Crippen LogP contribution >= 0.6 is 0 Å². The van der Waals surface area contributed by atoms with Crippen LogP contribution in [0.25, 0.3) is 0 Å². The van der Waals surface area contributed by atoms with Crippen LogP contribution in [-0.2, 0) is 19.2 Å². The Labute approximate surface area is 306 Å². The molecule has 0 radical (unpaired) electrons. The van der Waals surface area contributed by atoms with Crippen molar-refractivity contribution in [1.29, 1.82) is 0 Å². The van der Waals surface area contributed by atoms with Crippen LogP contribution in [0.4, 0.5) is 0 Å². The topological polar surface area (TPSA) is 254 Å². The minimum absolute atomic E-state index is 0.0702. The Balaban J connectivity index is 5.05. The number of aliphatic imine (C=N–C) groups is 1. The minimum Gasteiger partial charge on any atom is -0.394 e. The van der Waals surface area contributed by atoms with Crippen molar-refractivity contribution in [2.75, 3.05) is 26.8 Å². The fourth-order valence-electron chi connectivity index (χ4n) is 5.68. The zero-order chi connectivity index (χ0) is 38.3. The zero-order valence-electron chi connectivity index (χ0n) is 31.7. The predicted octanol–water partition coefficient (Wildman–Crippen LogP) is 1.56. The molecule has 0 aliphatic rings. The second-order valence-corrected chi connectivity index (χ2v) is 13.4. The average molecular weight is 729 g/mol. The van der Waals surface area contributed by atoms with Gasteiger partial charge in [-0.05, 0) is 32.1 Å². The molecule has 0 aromatic carbocycles. The molecule has 0 aliphatic carbocycles. The highest BCUT2D eigenvalue weighted by molar-refractivity contribution is 5.92. The quantitative estimate of drug-likeness (QED) is 0.0202. The summed E-state index contributed by atoms with van der Waals surface area (Å²) < 4.78 is 0. The van der Waals surface area contributed by atoms with Gasteiger partial charge < -0.3 is 48.1 Å². The van der Waals surface area contributed by atoms with E-state index in [4.69, 9.17) is 11.5 Å². The lowest BCUT2D eigenvalue weighted by molar-refractivity contribution is -0.133. The van der Waals surface area contributed by atoms with Crippen molar-refractivity contribution in [2.24, 2.45) is 16.5 Å². The van der Waals surface area contributed by atoms with E-state index in [1.165, 1.54) is 64.8 Å². The normalized spacial score (nSPS) is 14.1. The first-order valence-corrected chi connectivity index (χ1v) is 19.4. The van der Waals surface area contributed by atoms with E-state index in [2.05, 4.69) is 38.5 Å². The first-order chi connectivity index (χ1) is 24.5. The average Bonchev–Trinajstić information content (AvgIpc) is 3.11. The summed E-state index contributed by atoms with van der Waals surface area (Å²) in [6.07, 6.45) is 17.1. The molecule has 0 saturated carbocycles. The van der Waals surface area contributed by atoms with E-state index in [0.29, 0.717) is 38.6 Å². The highest BCUT2D eigenvalue weighted by Crippen LogP contribution is 2.13. The number of hydrogen-bond donors (Lipinski definition) is 10. The van der Waals surface area contributed by atoms with Crippen molar-refractivity contribution in [3.05, 3.63) is 0 Å². The molecule has 0 fully saturated rings. The molecule has 0 heterocycles. The molecule has 298 valence electrons. The van der Waals surface area contributed by atoms with E-state index in [1.54, 1.807) is 0 Å². The molecule has 15 heteroatoms. The Morgan fingerprint density at radius 1 is 0.608 bits per heavy atom. The number of rotatable bonds is 33. The first-order valence-electron chi connectivity index (χ1n) is 19.4. The highest BCUT2D eigenvalue weighted by atomic mass is 16.3. The molecular weight excluding hydrogens is 656 g/mol. The van der Waals surface area contributed by atoms with Gasteiger partial charge in [0.1, 0.15) is 18.3 Å². The number of aliphatic hydroxyl groups excluding tert-OH is 3. The Kier molecular flexibility index (Phi) is 29.8. The van der Waals surface area contributed by atoms with Crippen molar-refractivity contribution < 1.29 is 34.5 Å². The number of nitrogens with one attached hydrogen (secondary N) is 5. The summed E-state index contributed by atoms with van der Waals surface area (Å²) in [5.41, 5.74) is 10.8. The van der Waals surface area contributed by atoms with E-state index in [-0.39, 0.29) is 30.6 Å². The van der Waals surface area contributed by atoms with E-state index in [9.17, 15) is 34.5 Å². The minimum atomic E-state index is -1.48. The third kappa shape index (κ3) is 24.8. The molecule has 5 atom stereocenters. The molecule has 0 aliphatic heterocycles. The number of guanidine groups is 1. The highest BCUT2D eigenvalue weighted by Gasteiger charge is 2.31. The first kappa shape index (κ1) is 48.0. The van der Waals surface area contributed by atoms with E-state index < -0.39 is 55.4 Å². The molecule has 12 N–H and O–H groups in total. The van der Waals surface area contributed by atoms with E-state index in [0.717, 1.165) is 25.7 Å². The van der Waals surface area contributed by atoms with Gasteiger partial charge in [-0.3, -0.25) is 29.5 Å². The Morgan fingerprint density at radius 3 is 1.65 bits per heavy atom. The third-order valence-corrected chi connectivity index (χ3v) is 8.86. The maximum absolute atomic E-state index is 13.4. The van der Waals surface area contributed by atoms with Gasteiger partial charge in [0.15, 0.2) is 5.96 Å². The molecule has 0 spiro atoms. The second kappa shape index (κ2) is 31.7. The number of amides is 4. The Hall–Kier alpha value is -3.01. The van der Waals surface area contributed by atoms with Gasteiger partial charge in [0.2, 0.25) is 23.6 Å². The molecule has 0 aromatic rings. The van der Waals surface area contributed by atoms with Crippen molar-refractivity contribution in [2.45, 2.75) is 173 Å². The number of nitrogens with two attached hydrogens (primary N) is 2. The largest absolute Gasteiger partial charge is 0.394 e. The fourth-order valence-corrected chi connectivity index (χ4v) is 5.68. The molecule has 51 heavy (non-hydrogen) atoms. The zero-order valence-corrected chi connectivity index (χ0v) is 31.7. The number of hydrogen-bond acceptors (Lipinski definition) is 9. The lowest BCUT2D eigenvalue weighted by atomic mass is 10.0. The molecular formula is C36H72N8O7. The standard InChI is InChI=1S/C36H72N8O7/c1-4-6-8-9-10-11-12-13-14-15-16-17-18-23-31(47)41-29(25-45)34(50)43-28(22-19-20-24-40-36(37)38)33(49)44-30(26-46)35(51)42-27(21-7-5-2)32(48)39-3/h27-30,35,42,45-46,51H,4-26H2,1-3H3,(H,39,48)(H,41,47)(H,43,50)(H,44,49)(H4,37,38,40)/t27?,28-,29-,30-,35?/m0/s1. The van der Waals surface area contributed by atoms with Crippen LogP contribution in [0.1, 0.15) is 142 Å². The van der Waals surface area contributed by atoms with Crippen LogP contribution in [0.2, 0.25) is 0 Å². The number of likely N-dealkylation sites (N-methyl/N-ethyl adjacent to an activating group) is 1. The number of carbonyl (C=O) groups excluding carboxylic acids is 4. The second-order valence-electron chi connectivity index (χ2n) is 13.4. The molecule has 0 bridgehead atoms. The summed E-state index contributed by atoms with van der Waals surface area (Å²) in [6.45, 7) is 3.17. The van der Waals surface area contributed by atoms with Crippen molar-refractivity contribution in [3.8, 4) is 0 Å². The molecule has 15 nitrogen and oxygen atoms in total. The van der Waals surface area contributed by atoms with Crippen molar-refractivity contribution in [3.63, 3.8) is 0 Å². The lowest BCUT2D eigenvalue weighted by Gasteiger charge is -2.29. The van der Waals surface area contributed by atoms with Crippen LogP contribution in [0.15, 0.2) is 4.99 Å². The molecule has 2 unspecified atom stereocenters. The lowest BCUT2D eigenvalue weighted by Crippen LogP contribution is -2.60. The van der Waals surface area contributed by atoms with Crippen LogP contribution in [-0.4, -0.2) is 102 Å². The third-order valence-electron chi connectivity index (χ3n) is 8.86. The fraction of sp³-hybridized carbons (Fsp3) is 0.861. The van der Waals surface area contributed by atoms with Crippen molar-refractivity contribution >= 4 is 29.6 Å². The summed E-state index contributed by atoms with van der Waals surface area (Å²) in [5, 5.41) is 43.7.